The summed E-state index contributed by atoms with van der Waals surface area (Å²) in [6, 6.07) is 0. The van der Waals surface area contributed by atoms with Crippen LogP contribution in [-0.4, -0.2) is 23.3 Å². The number of ether oxygens (including phenoxy) is 1. The highest BCUT2D eigenvalue weighted by Gasteiger charge is 2.38. The topological polar surface area (TPSA) is 26.3 Å². The van der Waals surface area contributed by atoms with E-state index in [0.29, 0.717) is 5.88 Å². The van der Waals surface area contributed by atoms with Crippen LogP contribution in [0.15, 0.2) is 0 Å². The summed E-state index contributed by atoms with van der Waals surface area (Å²) in [5.41, 5.74) is 0. The second-order valence-electron chi connectivity index (χ2n) is 3.35. The SMILES string of the molecule is O=C(OCCCl)C1(Cl)CCCCC1. The molecule has 0 spiro atoms. The maximum absolute atomic E-state index is 11.5. The van der Waals surface area contributed by atoms with Gasteiger partial charge in [-0.15, -0.1) is 23.2 Å². The molecule has 13 heavy (non-hydrogen) atoms. The van der Waals surface area contributed by atoms with E-state index in [1.165, 1.54) is 0 Å². The van der Waals surface area contributed by atoms with E-state index < -0.39 is 4.87 Å². The van der Waals surface area contributed by atoms with Gasteiger partial charge in [-0.2, -0.15) is 0 Å². The average Bonchev–Trinajstić information content (AvgIpc) is 2.15. The van der Waals surface area contributed by atoms with Gasteiger partial charge in [0.1, 0.15) is 11.5 Å². The van der Waals surface area contributed by atoms with Crippen molar-refractivity contribution in [3.8, 4) is 0 Å². The first-order chi connectivity index (χ1) is 6.19. The molecule has 0 saturated heterocycles. The number of halogens is 2. The quantitative estimate of drug-likeness (QED) is 0.545. The van der Waals surface area contributed by atoms with Crippen molar-refractivity contribution in [2.75, 3.05) is 12.5 Å². The van der Waals surface area contributed by atoms with Crippen LogP contribution in [0.4, 0.5) is 0 Å². The second-order valence-corrected chi connectivity index (χ2v) is 4.45. The monoisotopic (exact) mass is 224 g/mol. The van der Waals surface area contributed by atoms with Crippen molar-refractivity contribution in [3.05, 3.63) is 0 Å². The van der Waals surface area contributed by atoms with Crippen molar-refractivity contribution in [1.29, 1.82) is 0 Å². The maximum Gasteiger partial charge on any atom is 0.327 e. The van der Waals surface area contributed by atoms with Gasteiger partial charge >= 0.3 is 5.97 Å². The Morgan fingerprint density at radius 1 is 1.31 bits per heavy atom. The van der Waals surface area contributed by atoms with Gasteiger partial charge < -0.3 is 4.74 Å². The first-order valence-corrected chi connectivity index (χ1v) is 5.52. The number of esters is 1. The summed E-state index contributed by atoms with van der Waals surface area (Å²) in [6.07, 6.45) is 4.65. The van der Waals surface area contributed by atoms with Crippen LogP contribution in [0.25, 0.3) is 0 Å². The number of carbonyl (C=O) groups is 1. The maximum atomic E-state index is 11.5. The highest BCUT2D eigenvalue weighted by Crippen LogP contribution is 2.35. The molecule has 0 atom stereocenters. The fraction of sp³-hybridized carbons (Fsp3) is 0.889. The Bertz CT molecular complexity index is 176. The van der Waals surface area contributed by atoms with E-state index in [-0.39, 0.29) is 12.6 Å². The van der Waals surface area contributed by atoms with E-state index in [1.54, 1.807) is 0 Å². The van der Waals surface area contributed by atoms with Crippen molar-refractivity contribution in [2.24, 2.45) is 0 Å². The zero-order valence-electron chi connectivity index (χ0n) is 7.52. The normalized spacial score (nSPS) is 21.1. The summed E-state index contributed by atoms with van der Waals surface area (Å²) in [7, 11) is 0. The summed E-state index contributed by atoms with van der Waals surface area (Å²) in [4.78, 5) is 10.7. The first-order valence-electron chi connectivity index (χ1n) is 4.61. The molecule has 76 valence electrons. The van der Waals surface area contributed by atoms with Crippen LogP contribution in [-0.2, 0) is 9.53 Å². The number of hydrogen-bond acceptors (Lipinski definition) is 2. The minimum absolute atomic E-state index is 0.259. The fourth-order valence-electron chi connectivity index (χ4n) is 1.58. The van der Waals surface area contributed by atoms with Crippen molar-refractivity contribution in [2.45, 2.75) is 37.0 Å². The van der Waals surface area contributed by atoms with Crippen molar-refractivity contribution < 1.29 is 9.53 Å². The molecule has 2 nitrogen and oxygen atoms in total. The van der Waals surface area contributed by atoms with E-state index in [4.69, 9.17) is 27.9 Å². The Morgan fingerprint density at radius 2 is 1.92 bits per heavy atom. The lowest BCUT2D eigenvalue weighted by Crippen LogP contribution is -2.36. The molecular weight excluding hydrogens is 211 g/mol. The standard InChI is InChI=1S/C9H14Cl2O2/c10-6-7-13-8(12)9(11)4-2-1-3-5-9/h1-7H2. The summed E-state index contributed by atoms with van der Waals surface area (Å²) in [5, 5.41) is 0. The van der Waals surface area contributed by atoms with Crippen LogP contribution in [0.5, 0.6) is 0 Å². The fourth-order valence-corrected chi connectivity index (χ4v) is 1.98. The summed E-state index contributed by atoms with van der Waals surface area (Å²) >= 11 is 11.6. The minimum Gasteiger partial charge on any atom is -0.463 e. The lowest BCUT2D eigenvalue weighted by molar-refractivity contribution is -0.147. The van der Waals surface area contributed by atoms with E-state index >= 15 is 0 Å². The summed E-state index contributed by atoms with van der Waals surface area (Å²) in [5.74, 6) is 0.0353. The highest BCUT2D eigenvalue weighted by atomic mass is 35.5. The van der Waals surface area contributed by atoms with E-state index in [1.807, 2.05) is 0 Å². The van der Waals surface area contributed by atoms with Gasteiger partial charge in [-0.05, 0) is 12.8 Å². The molecule has 0 N–H and O–H groups in total. The van der Waals surface area contributed by atoms with Crippen LogP contribution < -0.4 is 0 Å². The molecule has 0 amide bonds. The molecule has 1 aliphatic carbocycles. The zero-order valence-corrected chi connectivity index (χ0v) is 9.03. The van der Waals surface area contributed by atoms with E-state index in [0.717, 1.165) is 32.1 Å². The van der Waals surface area contributed by atoms with Crippen LogP contribution in [0, 0.1) is 0 Å². The lowest BCUT2D eigenvalue weighted by atomic mass is 9.88. The minimum atomic E-state index is -0.760. The third-order valence-electron chi connectivity index (χ3n) is 2.32. The number of rotatable bonds is 3. The molecule has 1 saturated carbocycles. The predicted molar refractivity (Wildman–Crippen MR) is 53.3 cm³/mol. The Balaban J connectivity index is 2.42. The van der Waals surface area contributed by atoms with Gasteiger partial charge in [0.05, 0.1) is 5.88 Å². The van der Waals surface area contributed by atoms with Crippen molar-refractivity contribution in [1.82, 2.24) is 0 Å². The number of carbonyl (C=O) groups excluding carboxylic acids is 1. The molecule has 1 rings (SSSR count). The first kappa shape index (κ1) is 11.1. The zero-order chi connectivity index (χ0) is 9.73. The molecule has 0 bridgehead atoms. The van der Waals surface area contributed by atoms with Gasteiger partial charge in [0.2, 0.25) is 0 Å². The van der Waals surface area contributed by atoms with E-state index in [9.17, 15) is 4.79 Å². The third kappa shape index (κ3) is 3.03. The Labute approximate surface area is 88.5 Å². The van der Waals surface area contributed by atoms with Crippen LogP contribution in [0.2, 0.25) is 0 Å². The average molecular weight is 225 g/mol. The van der Waals surface area contributed by atoms with Gasteiger partial charge in [0.25, 0.3) is 0 Å². The molecule has 0 radical (unpaired) electrons. The van der Waals surface area contributed by atoms with Crippen molar-refractivity contribution >= 4 is 29.2 Å². The smallest absolute Gasteiger partial charge is 0.327 e. The predicted octanol–water partition coefficient (Wildman–Crippen LogP) is 2.71. The van der Waals surface area contributed by atoms with E-state index in [2.05, 4.69) is 0 Å². The molecule has 0 aromatic carbocycles. The summed E-state index contributed by atoms with van der Waals surface area (Å²) in [6.45, 7) is 0.259. The Morgan fingerprint density at radius 3 is 2.46 bits per heavy atom. The number of hydrogen-bond donors (Lipinski definition) is 0. The molecule has 0 aromatic heterocycles. The molecule has 0 unspecified atom stereocenters. The highest BCUT2D eigenvalue weighted by molar-refractivity contribution is 6.34. The second kappa shape index (κ2) is 5.06. The molecular formula is C9H14Cl2O2. The number of alkyl halides is 2. The van der Waals surface area contributed by atoms with Gasteiger partial charge in [-0.3, -0.25) is 4.79 Å². The van der Waals surface area contributed by atoms with Gasteiger partial charge in [-0.1, -0.05) is 19.3 Å². The molecule has 0 aromatic rings. The Hall–Kier alpha value is 0.0500. The van der Waals surface area contributed by atoms with Gasteiger partial charge in [0, 0.05) is 0 Å². The van der Waals surface area contributed by atoms with Crippen LogP contribution in [0.1, 0.15) is 32.1 Å². The van der Waals surface area contributed by atoms with Gasteiger partial charge in [0.15, 0.2) is 0 Å². The lowest BCUT2D eigenvalue weighted by Gasteiger charge is -2.28. The largest absolute Gasteiger partial charge is 0.463 e. The van der Waals surface area contributed by atoms with Crippen LogP contribution >= 0.6 is 23.2 Å². The molecule has 1 aliphatic rings. The van der Waals surface area contributed by atoms with Crippen molar-refractivity contribution in [3.63, 3.8) is 0 Å². The molecule has 0 aliphatic heterocycles. The van der Waals surface area contributed by atoms with Crippen LogP contribution in [0.3, 0.4) is 0 Å². The Kier molecular flexibility index (Phi) is 4.33. The molecule has 1 fully saturated rings. The molecule has 4 heteroatoms. The van der Waals surface area contributed by atoms with Gasteiger partial charge in [-0.25, -0.2) is 0 Å². The third-order valence-corrected chi connectivity index (χ3v) is 3.01. The summed E-state index contributed by atoms with van der Waals surface area (Å²) < 4.78 is 4.93. The molecule has 0 heterocycles.